The molecule has 2 aliphatic rings. The second kappa shape index (κ2) is 7.13. The zero-order chi connectivity index (χ0) is 17.9. The number of nitrogens with zero attached hydrogens (tertiary/aromatic N) is 2. The van der Waals surface area contributed by atoms with Gasteiger partial charge in [-0.3, -0.25) is 9.78 Å². The molecule has 0 aliphatic carbocycles. The molecule has 1 aromatic carbocycles. The molecule has 2 aliphatic heterocycles. The lowest BCUT2D eigenvalue weighted by atomic mass is 10.2. The van der Waals surface area contributed by atoms with Crippen molar-refractivity contribution in [3.8, 4) is 0 Å². The molecule has 3 heterocycles. The van der Waals surface area contributed by atoms with Gasteiger partial charge in [-0.2, -0.15) is 0 Å². The lowest BCUT2D eigenvalue weighted by Crippen LogP contribution is -2.30. The zero-order valence-corrected chi connectivity index (χ0v) is 14.3. The fourth-order valence-corrected chi connectivity index (χ4v) is 3.21. The average molecular weight is 352 g/mol. The maximum atomic E-state index is 12.4. The number of aromatic nitrogens is 1. The Bertz CT molecular complexity index is 791. The Hall–Kier alpha value is -2.93. The highest BCUT2D eigenvalue weighted by Gasteiger charge is 2.24. The van der Waals surface area contributed by atoms with Crippen LogP contribution in [0.1, 0.15) is 24.0 Å². The molecule has 1 aromatic heterocycles. The third-order valence-electron chi connectivity index (χ3n) is 4.64. The minimum Gasteiger partial charge on any atom is -0.368 e. The second-order valence-corrected chi connectivity index (χ2v) is 6.50. The van der Waals surface area contributed by atoms with E-state index in [1.165, 1.54) is 0 Å². The van der Waals surface area contributed by atoms with Crippen molar-refractivity contribution >= 4 is 23.3 Å². The number of rotatable bonds is 3. The fourth-order valence-electron chi connectivity index (χ4n) is 3.21. The van der Waals surface area contributed by atoms with E-state index in [2.05, 4.69) is 15.6 Å². The number of carbonyl (C=O) groups is 2. The fraction of sp³-hybridized carbons (Fsp3) is 0.316. The van der Waals surface area contributed by atoms with Gasteiger partial charge >= 0.3 is 6.03 Å². The van der Waals surface area contributed by atoms with Crippen LogP contribution in [-0.4, -0.2) is 34.5 Å². The van der Waals surface area contributed by atoms with Crippen LogP contribution in [0.2, 0.25) is 0 Å². The molecule has 3 amide bonds. The number of anilines is 2. The number of amides is 3. The van der Waals surface area contributed by atoms with E-state index in [-0.39, 0.29) is 18.0 Å². The minimum absolute atomic E-state index is 0.122. The molecule has 7 nitrogen and oxygen atoms in total. The number of nitrogens with one attached hydrogen (secondary N) is 2. The predicted octanol–water partition coefficient (Wildman–Crippen LogP) is 2.75. The molecular formula is C19H20N4O3. The molecule has 1 saturated heterocycles. The van der Waals surface area contributed by atoms with Gasteiger partial charge in [0, 0.05) is 43.5 Å². The van der Waals surface area contributed by atoms with Crippen molar-refractivity contribution in [2.24, 2.45) is 0 Å². The van der Waals surface area contributed by atoms with E-state index in [0.717, 1.165) is 24.0 Å². The van der Waals surface area contributed by atoms with Gasteiger partial charge in [-0.25, -0.2) is 4.79 Å². The molecule has 4 rings (SSSR count). The van der Waals surface area contributed by atoms with Crippen molar-refractivity contribution in [3.63, 3.8) is 0 Å². The smallest absolute Gasteiger partial charge is 0.322 e. The molecule has 0 radical (unpaired) electrons. The first-order valence-electron chi connectivity index (χ1n) is 8.69. The van der Waals surface area contributed by atoms with Crippen LogP contribution in [0.4, 0.5) is 16.2 Å². The van der Waals surface area contributed by atoms with Crippen LogP contribution in [0.5, 0.6) is 0 Å². The Labute approximate surface area is 151 Å². The molecule has 1 unspecified atom stereocenters. The first-order chi connectivity index (χ1) is 12.7. The van der Waals surface area contributed by atoms with E-state index in [1.807, 2.05) is 6.07 Å². The Balaban J connectivity index is 1.33. The Morgan fingerprint density at radius 1 is 1.04 bits per heavy atom. The summed E-state index contributed by atoms with van der Waals surface area (Å²) in [5, 5.41) is 5.72. The van der Waals surface area contributed by atoms with Crippen LogP contribution in [-0.2, 0) is 22.6 Å². The van der Waals surface area contributed by atoms with Gasteiger partial charge in [-0.15, -0.1) is 0 Å². The van der Waals surface area contributed by atoms with E-state index in [1.54, 1.807) is 41.6 Å². The number of urea groups is 1. The van der Waals surface area contributed by atoms with E-state index in [4.69, 9.17) is 4.74 Å². The number of hydrogen-bond acceptors (Lipinski definition) is 4. The van der Waals surface area contributed by atoms with Crippen molar-refractivity contribution in [3.05, 3.63) is 53.9 Å². The van der Waals surface area contributed by atoms with Crippen LogP contribution < -0.4 is 10.6 Å². The summed E-state index contributed by atoms with van der Waals surface area (Å²) in [6, 6.07) is 8.86. The summed E-state index contributed by atoms with van der Waals surface area (Å²) in [5.41, 5.74) is 3.57. The van der Waals surface area contributed by atoms with E-state index in [9.17, 15) is 9.59 Å². The van der Waals surface area contributed by atoms with Gasteiger partial charge < -0.3 is 20.3 Å². The van der Waals surface area contributed by atoms with Crippen LogP contribution in [0.25, 0.3) is 0 Å². The van der Waals surface area contributed by atoms with Gasteiger partial charge in [0.05, 0.1) is 0 Å². The number of pyridine rings is 1. The third-order valence-corrected chi connectivity index (χ3v) is 4.64. The average Bonchev–Trinajstić information content (AvgIpc) is 3.33. The summed E-state index contributed by atoms with van der Waals surface area (Å²) in [5.74, 6) is -0.122. The largest absolute Gasteiger partial charge is 0.368 e. The van der Waals surface area contributed by atoms with Gasteiger partial charge in [0.2, 0.25) is 0 Å². The van der Waals surface area contributed by atoms with Crippen molar-refractivity contribution < 1.29 is 14.3 Å². The molecule has 26 heavy (non-hydrogen) atoms. The molecule has 0 bridgehead atoms. The van der Waals surface area contributed by atoms with Crippen LogP contribution in [0, 0.1) is 0 Å². The van der Waals surface area contributed by atoms with Crippen LogP contribution in [0.3, 0.4) is 0 Å². The maximum Gasteiger partial charge on any atom is 0.322 e. The highest BCUT2D eigenvalue weighted by atomic mass is 16.5. The highest BCUT2D eigenvalue weighted by molar-refractivity contribution is 5.95. The molecule has 2 aromatic rings. The maximum absolute atomic E-state index is 12.4. The van der Waals surface area contributed by atoms with Gasteiger partial charge in [0.1, 0.15) is 6.10 Å². The molecule has 134 valence electrons. The SMILES string of the molecule is O=C(Nc1ccc(NC(=O)N2Cc3ccncc3C2)cc1)C1CCCO1. The molecule has 1 atom stereocenters. The van der Waals surface area contributed by atoms with Crippen LogP contribution >= 0.6 is 0 Å². The van der Waals surface area contributed by atoms with Crippen molar-refractivity contribution in [1.82, 2.24) is 9.88 Å². The Morgan fingerprint density at radius 3 is 2.46 bits per heavy atom. The van der Waals surface area contributed by atoms with E-state index >= 15 is 0 Å². The number of hydrogen-bond donors (Lipinski definition) is 2. The first-order valence-corrected chi connectivity index (χ1v) is 8.69. The lowest BCUT2D eigenvalue weighted by molar-refractivity contribution is -0.124. The molecule has 2 N–H and O–H groups in total. The minimum atomic E-state index is -0.360. The Kier molecular flexibility index (Phi) is 4.53. The van der Waals surface area contributed by atoms with Crippen molar-refractivity contribution in [2.75, 3.05) is 17.2 Å². The monoisotopic (exact) mass is 352 g/mol. The zero-order valence-electron chi connectivity index (χ0n) is 14.3. The van der Waals surface area contributed by atoms with Gasteiger partial charge in [0.25, 0.3) is 5.91 Å². The molecule has 7 heteroatoms. The van der Waals surface area contributed by atoms with Crippen LogP contribution in [0.15, 0.2) is 42.7 Å². The van der Waals surface area contributed by atoms with Crippen molar-refractivity contribution in [2.45, 2.75) is 32.0 Å². The van der Waals surface area contributed by atoms with Gasteiger partial charge in [-0.1, -0.05) is 0 Å². The summed E-state index contributed by atoms with van der Waals surface area (Å²) >= 11 is 0. The number of ether oxygens (including phenoxy) is 1. The molecule has 0 saturated carbocycles. The Morgan fingerprint density at radius 2 is 1.77 bits per heavy atom. The third kappa shape index (κ3) is 3.52. The standard InChI is InChI=1S/C19H20N4O3/c24-18(17-2-1-9-26-17)21-15-3-5-16(6-4-15)22-19(25)23-11-13-7-8-20-10-14(13)12-23/h3-8,10,17H,1-2,9,11-12H2,(H,21,24)(H,22,25). The summed E-state index contributed by atoms with van der Waals surface area (Å²) in [6.45, 7) is 1.78. The lowest BCUT2D eigenvalue weighted by Gasteiger charge is -2.16. The molecule has 0 spiro atoms. The van der Waals surface area contributed by atoms with Gasteiger partial charge in [-0.05, 0) is 54.3 Å². The topological polar surface area (TPSA) is 83.6 Å². The van der Waals surface area contributed by atoms with Gasteiger partial charge in [0.15, 0.2) is 0 Å². The second-order valence-electron chi connectivity index (χ2n) is 6.50. The first kappa shape index (κ1) is 16.5. The normalized spacial score (nSPS) is 18.5. The number of fused-ring (bicyclic) bond motifs is 1. The van der Waals surface area contributed by atoms with E-state index < -0.39 is 0 Å². The highest BCUT2D eigenvalue weighted by Crippen LogP contribution is 2.23. The van der Waals surface area contributed by atoms with E-state index in [0.29, 0.717) is 31.1 Å². The molecular weight excluding hydrogens is 332 g/mol. The quantitative estimate of drug-likeness (QED) is 0.890. The number of benzene rings is 1. The summed E-state index contributed by atoms with van der Waals surface area (Å²) in [6.07, 6.45) is 4.85. The summed E-state index contributed by atoms with van der Waals surface area (Å²) < 4.78 is 5.37. The summed E-state index contributed by atoms with van der Waals surface area (Å²) in [7, 11) is 0. The molecule has 1 fully saturated rings. The number of carbonyl (C=O) groups excluding carboxylic acids is 2. The predicted molar refractivity (Wildman–Crippen MR) is 96.5 cm³/mol. The summed E-state index contributed by atoms with van der Waals surface area (Å²) in [4.78, 5) is 30.3. The van der Waals surface area contributed by atoms with Crippen molar-refractivity contribution in [1.29, 1.82) is 0 Å².